The molecule has 1 saturated heterocycles. The minimum absolute atomic E-state index is 0.0223. The highest BCUT2D eigenvalue weighted by Gasteiger charge is 2.62. The predicted octanol–water partition coefficient (Wildman–Crippen LogP) is 4.79. The molecule has 1 aliphatic carbocycles. The molecule has 17 heteroatoms. The molecule has 2 aromatic carbocycles. The Bertz CT molecular complexity index is 2200. The second-order valence-corrected chi connectivity index (χ2v) is 17.7. The standard InChI is InChI=1S/C40H46FN5O10S/c1-39(2,3)56-37(50)42-30-16-8-6-4-5-7-14-26-20-40(26,36(49)44-57(52,53)33-18-24-12-9-10-17-32(24)55-33)43-34(47)31-19-27(22-46(31)35(30)48)54-38(51)45-21-25-13-11-15-29(41)28(25)23-45/h7,9-15,17-18,26-27,30-31H,4-6,8,16,19-23H2,1-3H3,(H,42,50)(H,43,47)(H,44,49)/b14-7-/t26-,27-,30+,31+,40-/m1/s1. The first kappa shape index (κ1) is 39.8. The first-order chi connectivity index (χ1) is 27.0. The number of sulfonamides is 1. The van der Waals surface area contributed by atoms with E-state index in [2.05, 4.69) is 15.4 Å². The number of ether oxygens (including phenoxy) is 2. The van der Waals surface area contributed by atoms with E-state index in [-0.39, 0.29) is 38.9 Å². The van der Waals surface area contributed by atoms with E-state index in [4.69, 9.17) is 13.9 Å². The topological polar surface area (TPSA) is 194 Å². The maximum absolute atomic E-state index is 14.5. The zero-order valence-corrected chi connectivity index (χ0v) is 32.7. The highest BCUT2D eigenvalue weighted by atomic mass is 32.2. The summed E-state index contributed by atoms with van der Waals surface area (Å²) >= 11 is 0. The Morgan fingerprint density at radius 1 is 1.04 bits per heavy atom. The van der Waals surface area contributed by atoms with Gasteiger partial charge in [0.25, 0.3) is 15.9 Å². The summed E-state index contributed by atoms with van der Waals surface area (Å²) in [5.74, 6) is -3.41. The summed E-state index contributed by atoms with van der Waals surface area (Å²) < 4.78 is 60.3. The van der Waals surface area contributed by atoms with Crippen molar-refractivity contribution in [2.75, 3.05) is 6.54 Å². The molecule has 4 heterocycles. The Morgan fingerprint density at radius 3 is 2.58 bits per heavy atom. The van der Waals surface area contributed by atoms with Gasteiger partial charge >= 0.3 is 12.2 Å². The van der Waals surface area contributed by atoms with Crippen LogP contribution in [0.5, 0.6) is 0 Å². The van der Waals surface area contributed by atoms with Crippen LogP contribution in [0.25, 0.3) is 11.0 Å². The van der Waals surface area contributed by atoms with Gasteiger partial charge in [-0.15, -0.1) is 0 Å². The third-order valence-corrected chi connectivity index (χ3v) is 11.9. The molecule has 3 aliphatic heterocycles. The maximum atomic E-state index is 14.5. The van der Waals surface area contributed by atoms with Crippen molar-refractivity contribution < 1.29 is 50.7 Å². The van der Waals surface area contributed by atoms with Gasteiger partial charge in [0.05, 0.1) is 13.1 Å². The SMILES string of the molecule is CC(C)(C)OC(=O)N[C@H]1CCCCC/C=C\[C@@H]2C[C@@]2(C(=O)NS(=O)(=O)c2cc3ccccc3o2)NC(=O)[C@@H]2C[C@@H](OC(=O)N3Cc4cccc(F)c4C3)CN2C1=O. The Kier molecular flexibility index (Phi) is 10.8. The molecule has 1 aromatic heterocycles. The van der Waals surface area contributed by atoms with Crippen LogP contribution >= 0.6 is 0 Å². The number of halogens is 1. The maximum Gasteiger partial charge on any atom is 0.410 e. The average Bonchev–Trinajstić information content (AvgIpc) is 3.52. The van der Waals surface area contributed by atoms with E-state index in [1.165, 1.54) is 21.9 Å². The third kappa shape index (κ3) is 8.62. The monoisotopic (exact) mass is 807 g/mol. The molecule has 0 radical (unpaired) electrons. The molecule has 1 saturated carbocycles. The quantitative estimate of drug-likeness (QED) is 0.302. The van der Waals surface area contributed by atoms with Crippen molar-refractivity contribution in [2.45, 2.75) is 113 Å². The molecule has 5 atom stereocenters. The summed E-state index contributed by atoms with van der Waals surface area (Å²) in [4.78, 5) is 71.7. The van der Waals surface area contributed by atoms with Gasteiger partial charge in [0.15, 0.2) is 0 Å². The molecule has 7 rings (SSSR count). The number of nitrogens with zero attached hydrogens (tertiary/aromatic N) is 2. The van der Waals surface area contributed by atoms with E-state index in [1.54, 1.807) is 63.2 Å². The first-order valence-electron chi connectivity index (χ1n) is 19.1. The van der Waals surface area contributed by atoms with E-state index in [1.807, 2.05) is 6.08 Å². The lowest BCUT2D eigenvalue weighted by Gasteiger charge is -2.30. The van der Waals surface area contributed by atoms with Gasteiger partial charge in [0.1, 0.15) is 40.7 Å². The lowest BCUT2D eigenvalue weighted by molar-refractivity contribution is -0.141. The van der Waals surface area contributed by atoms with Crippen LogP contribution in [0, 0.1) is 11.7 Å². The zero-order chi connectivity index (χ0) is 40.7. The molecule has 4 aliphatic rings. The van der Waals surface area contributed by atoms with E-state index in [9.17, 15) is 36.8 Å². The van der Waals surface area contributed by atoms with Gasteiger partial charge in [0, 0.05) is 35.9 Å². The number of nitrogens with one attached hydrogen (secondary N) is 3. The fourth-order valence-corrected chi connectivity index (χ4v) is 8.70. The lowest BCUT2D eigenvalue weighted by Crippen LogP contribution is -2.58. The zero-order valence-electron chi connectivity index (χ0n) is 31.9. The van der Waals surface area contributed by atoms with Crippen LogP contribution in [0.1, 0.15) is 76.8 Å². The summed E-state index contributed by atoms with van der Waals surface area (Å²) in [6, 6.07) is 10.1. The van der Waals surface area contributed by atoms with Gasteiger partial charge in [-0.1, -0.05) is 55.3 Å². The van der Waals surface area contributed by atoms with Crippen LogP contribution in [0.2, 0.25) is 0 Å². The van der Waals surface area contributed by atoms with Crippen molar-refractivity contribution in [3.05, 3.63) is 77.6 Å². The number of rotatable bonds is 5. The fraction of sp³-hybridized carbons (Fsp3) is 0.475. The van der Waals surface area contributed by atoms with Gasteiger partial charge in [-0.2, -0.15) is 8.42 Å². The normalized spacial score (nSPS) is 25.9. The summed E-state index contributed by atoms with van der Waals surface area (Å²) in [7, 11) is -4.52. The van der Waals surface area contributed by atoms with Crippen LogP contribution in [0.15, 0.2) is 70.2 Å². The number of carbonyl (C=O) groups is 5. The van der Waals surface area contributed by atoms with Crippen LogP contribution in [-0.4, -0.2) is 84.0 Å². The molecule has 2 fully saturated rings. The van der Waals surface area contributed by atoms with Crippen molar-refractivity contribution in [3.63, 3.8) is 0 Å². The number of hydrogen-bond acceptors (Lipinski definition) is 10. The highest BCUT2D eigenvalue weighted by molar-refractivity contribution is 7.90. The van der Waals surface area contributed by atoms with Crippen LogP contribution < -0.4 is 15.4 Å². The Morgan fingerprint density at radius 2 is 1.82 bits per heavy atom. The molecule has 0 spiro atoms. The molecule has 15 nitrogen and oxygen atoms in total. The summed E-state index contributed by atoms with van der Waals surface area (Å²) in [5.41, 5.74) is -1.25. The minimum atomic E-state index is -4.52. The molecule has 5 amide bonds. The average molecular weight is 808 g/mol. The number of allylic oxidation sites excluding steroid dienone is 1. The second-order valence-electron chi connectivity index (χ2n) is 16.1. The molecule has 0 bridgehead atoms. The van der Waals surface area contributed by atoms with E-state index in [0.717, 1.165) is 6.42 Å². The Labute approximate surface area is 329 Å². The summed E-state index contributed by atoms with van der Waals surface area (Å²) in [6.45, 7) is 4.91. The van der Waals surface area contributed by atoms with Gasteiger partial charge in [0.2, 0.25) is 16.9 Å². The summed E-state index contributed by atoms with van der Waals surface area (Å²) in [6.07, 6.45) is 3.76. The molecule has 3 aromatic rings. The van der Waals surface area contributed by atoms with Crippen molar-refractivity contribution in [2.24, 2.45) is 5.92 Å². The molecular formula is C40H46FN5O10S. The highest BCUT2D eigenvalue weighted by Crippen LogP contribution is 2.46. The van der Waals surface area contributed by atoms with Gasteiger partial charge in [-0.3, -0.25) is 19.3 Å². The third-order valence-electron chi connectivity index (χ3n) is 10.7. The van der Waals surface area contributed by atoms with Crippen LogP contribution in [0.3, 0.4) is 0 Å². The van der Waals surface area contributed by atoms with Gasteiger partial charge in [-0.05, 0) is 64.2 Å². The number of fused-ring (bicyclic) bond motifs is 4. The molecule has 304 valence electrons. The van der Waals surface area contributed by atoms with Gasteiger partial charge < -0.3 is 29.4 Å². The number of alkyl carbamates (subject to hydrolysis) is 1. The molecule has 57 heavy (non-hydrogen) atoms. The van der Waals surface area contributed by atoms with E-state index in [0.29, 0.717) is 41.4 Å². The van der Waals surface area contributed by atoms with Gasteiger partial charge in [-0.25, -0.2) is 18.7 Å². The molecule has 3 N–H and O–H groups in total. The van der Waals surface area contributed by atoms with Crippen LogP contribution in [0.4, 0.5) is 14.0 Å². The number of hydrogen-bond donors (Lipinski definition) is 3. The van der Waals surface area contributed by atoms with Crippen molar-refractivity contribution in [3.8, 4) is 0 Å². The lowest BCUT2D eigenvalue weighted by atomic mass is 10.0. The Balaban J connectivity index is 1.15. The van der Waals surface area contributed by atoms with Crippen LogP contribution in [-0.2, 0) is 47.0 Å². The molecular weight excluding hydrogens is 762 g/mol. The number of benzene rings is 2. The van der Waals surface area contributed by atoms with E-state index < -0.39 is 86.1 Å². The van der Waals surface area contributed by atoms with Crippen molar-refractivity contribution >= 4 is 50.9 Å². The smallest absolute Gasteiger partial charge is 0.410 e. The number of furan rings is 1. The van der Waals surface area contributed by atoms with Crippen molar-refractivity contribution in [1.82, 2.24) is 25.2 Å². The van der Waals surface area contributed by atoms with Crippen molar-refractivity contribution in [1.29, 1.82) is 0 Å². The second kappa shape index (κ2) is 15.5. The summed E-state index contributed by atoms with van der Waals surface area (Å²) in [5, 5.41) is 5.47. The largest absolute Gasteiger partial charge is 0.444 e. The predicted molar refractivity (Wildman–Crippen MR) is 202 cm³/mol. The minimum Gasteiger partial charge on any atom is -0.444 e. The fourth-order valence-electron chi connectivity index (χ4n) is 7.70. The van der Waals surface area contributed by atoms with E-state index >= 15 is 0 Å². The number of amides is 5. The number of carbonyl (C=O) groups excluding carboxylic acids is 5. The molecule has 0 unspecified atom stereocenters. The Hall–Kier alpha value is -5.45. The first-order valence-corrected chi connectivity index (χ1v) is 20.6. The number of para-hydroxylation sites is 1.